The number of amides is 3. The van der Waals surface area contributed by atoms with Crippen molar-refractivity contribution in [1.29, 1.82) is 0 Å². The molecule has 1 heterocycles. The molecular weight excluding hydrogens is 334 g/mol. The maximum absolute atomic E-state index is 12.6. The van der Waals surface area contributed by atoms with E-state index in [-0.39, 0.29) is 35.9 Å². The van der Waals surface area contributed by atoms with Crippen LogP contribution < -0.4 is 10.6 Å². The molecule has 7 heteroatoms. The molecule has 26 heavy (non-hydrogen) atoms. The molecule has 3 N–H and O–H groups in total. The highest BCUT2D eigenvalue weighted by atomic mass is 16.3. The highest BCUT2D eigenvalue weighted by molar-refractivity contribution is 5.94. The van der Waals surface area contributed by atoms with E-state index in [0.717, 1.165) is 18.4 Å². The van der Waals surface area contributed by atoms with Crippen molar-refractivity contribution in [3.8, 4) is 5.75 Å². The van der Waals surface area contributed by atoms with Crippen molar-refractivity contribution >= 4 is 17.7 Å². The van der Waals surface area contributed by atoms with E-state index in [0.29, 0.717) is 25.9 Å². The number of nitrogens with one attached hydrogen (secondary N) is 2. The van der Waals surface area contributed by atoms with Gasteiger partial charge in [0.1, 0.15) is 11.3 Å². The van der Waals surface area contributed by atoms with Crippen molar-refractivity contribution in [3.05, 3.63) is 29.8 Å². The molecule has 1 unspecified atom stereocenters. The average molecular weight is 359 g/mol. The number of nitrogens with zero attached hydrogens (tertiary/aromatic N) is 1. The van der Waals surface area contributed by atoms with Crippen LogP contribution in [0.3, 0.4) is 0 Å². The monoisotopic (exact) mass is 359 g/mol. The molecule has 140 valence electrons. The zero-order chi connectivity index (χ0) is 18.7. The van der Waals surface area contributed by atoms with Crippen LogP contribution in [0.25, 0.3) is 0 Å². The summed E-state index contributed by atoms with van der Waals surface area (Å²) >= 11 is 0. The molecule has 2 fully saturated rings. The summed E-state index contributed by atoms with van der Waals surface area (Å²) in [7, 11) is 0. The summed E-state index contributed by atoms with van der Waals surface area (Å²) < 4.78 is 0. The van der Waals surface area contributed by atoms with Crippen molar-refractivity contribution in [1.82, 2.24) is 15.5 Å². The van der Waals surface area contributed by atoms with E-state index in [1.54, 1.807) is 30.0 Å². The Hall–Kier alpha value is -2.57. The number of phenols is 1. The van der Waals surface area contributed by atoms with E-state index in [2.05, 4.69) is 10.6 Å². The van der Waals surface area contributed by atoms with Gasteiger partial charge in [0.15, 0.2) is 0 Å². The molecule has 7 nitrogen and oxygen atoms in total. The smallest absolute Gasteiger partial charge is 0.245 e. The van der Waals surface area contributed by atoms with Crippen LogP contribution in [0.2, 0.25) is 0 Å². The molecule has 1 aromatic rings. The van der Waals surface area contributed by atoms with Crippen LogP contribution >= 0.6 is 0 Å². The summed E-state index contributed by atoms with van der Waals surface area (Å²) in [5.74, 6) is -0.178. The topological polar surface area (TPSA) is 98.7 Å². The van der Waals surface area contributed by atoms with E-state index < -0.39 is 5.54 Å². The maximum atomic E-state index is 12.6. The van der Waals surface area contributed by atoms with Crippen LogP contribution in [0.15, 0.2) is 24.3 Å². The second kappa shape index (κ2) is 7.35. The van der Waals surface area contributed by atoms with Crippen LogP contribution in [-0.4, -0.2) is 52.4 Å². The molecule has 1 atom stereocenters. The number of rotatable bonds is 7. The summed E-state index contributed by atoms with van der Waals surface area (Å²) in [6, 6.07) is 6.93. The molecule has 0 bridgehead atoms. The Balaban J connectivity index is 1.52. The van der Waals surface area contributed by atoms with E-state index in [4.69, 9.17) is 0 Å². The number of phenolic OH excluding ortho intramolecular Hbond substituents is 1. The minimum absolute atomic E-state index is 0.00673. The minimum Gasteiger partial charge on any atom is -0.508 e. The lowest BCUT2D eigenvalue weighted by atomic mass is 9.99. The van der Waals surface area contributed by atoms with Crippen LogP contribution in [0.4, 0.5) is 0 Å². The fourth-order valence-corrected chi connectivity index (χ4v) is 3.29. The van der Waals surface area contributed by atoms with Gasteiger partial charge >= 0.3 is 0 Å². The first-order valence-corrected chi connectivity index (χ1v) is 9.04. The number of hydrogen-bond donors (Lipinski definition) is 3. The average Bonchev–Trinajstić information content (AvgIpc) is 3.35. The van der Waals surface area contributed by atoms with Gasteiger partial charge in [0.05, 0.1) is 6.42 Å². The molecule has 1 saturated carbocycles. The van der Waals surface area contributed by atoms with Crippen LogP contribution in [0.1, 0.15) is 38.2 Å². The fourth-order valence-electron chi connectivity index (χ4n) is 3.29. The zero-order valence-electron chi connectivity index (χ0n) is 15.0. The van der Waals surface area contributed by atoms with Crippen LogP contribution in [0, 0.1) is 0 Å². The minimum atomic E-state index is -0.854. The Morgan fingerprint density at radius 1 is 1.38 bits per heavy atom. The Morgan fingerprint density at radius 3 is 2.77 bits per heavy atom. The molecule has 3 amide bonds. The standard InChI is InChI=1S/C19H25N3O4/c1-19(8-7-16(24)21-19)18(26)20-9-10-22(14-5-6-14)17(25)12-13-3-2-4-15(23)11-13/h2-4,11,14,23H,5-10,12H2,1H3,(H,20,26)(H,21,24). The van der Waals surface area contributed by atoms with Crippen molar-refractivity contribution < 1.29 is 19.5 Å². The third-order valence-electron chi connectivity index (χ3n) is 4.98. The van der Waals surface area contributed by atoms with E-state index >= 15 is 0 Å². The Kier molecular flexibility index (Phi) is 5.15. The van der Waals surface area contributed by atoms with Crippen LogP contribution in [0.5, 0.6) is 5.75 Å². The van der Waals surface area contributed by atoms with Gasteiger partial charge < -0.3 is 20.6 Å². The molecule has 0 spiro atoms. The van der Waals surface area contributed by atoms with Gasteiger partial charge in [-0.25, -0.2) is 0 Å². The highest BCUT2D eigenvalue weighted by Crippen LogP contribution is 2.27. The van der Waals surface area contributed by atoms with Gasteiger partial charge in [0.25, 0.3) is 0 Å². The lowest BCUT2D eigenvalue weighted by Crippen LogP contribution is -2.53. The lowest BCUT2D eigenvalue weighted by Gasteiger charge is -2.26. The molecule has 1 saturated heterocycles. The van der Waals surface area contributed by atoms with Crippen molar-refractivity contribution in [2.24, 2.45) is 0 Å². The van der Waals surface area contributed by atoms with Gasteiger partial charge in [-0.2, -0.15) is 0 Å². The molecule has 1 aliphatic carbocycles. The lowest BCUT2D eigenvalue weighted by molar-refractivity contribution is -0.132. The highest BCUT2D eigenvalue weighted by Gasteiger charge is 2.40. The summed E-state index contributed by atoms with van der Waals surface area (Å²) in [4.78, 5) is 38.1. The Bertz CT molecular complexity index is 716. The van der Waals surface area contributed by atoms with E-state index in [1.807, 2.05) is 6.07 Å². The van der Waals surface area contributed by atoms with Gasteiger partial charge in [-0.15, -0.1) is 0 Å². The first kappa shape index (κ1) is 18.2. The molecule has 1 aliphatic heterocycles. The SMILES string of the molecule is CC1(C(=O)NCCN(C(=O)Cc2cccc(O)c2)C2CC2)CCC(=O)N1. The van der Waals surface area contributed by atoms with Crippen molar-refractivity contribution in [2.45, 2.75) is 50.6 Å². The van der Waals surface area contributed by atoms with Gasteiger partial charge in [0, 0.05) is 25.6 Å². The van der Waals surface area contributed by atoms with E-state index in [1.165, 1.54) is 0 Å². The summed E-state index contributed by atoms with van der Waals surface area (Å²) in [5.41, 5.74) is -0.0848. The second-order valence-corrected chi connectivity index (χ2v) is 7.30. The summed E-state index contributed by atoms with van der Waals surface area (Å²) in [6.45, 7) is 2.52. The van der Waals surface area contributed by atoms with Gasteiger partial charge in [-0.3, -0.25) is 14.4 Å². The van der Waals surface area contributed by atoms with Gasteiger partial charge in [-0.05, 0) is 43.9 Å². The summed E-state index contributed by atoms with van der Waals surface area (Å²) in [5, 5.41) is 15.1. The van der Waals surface area contributed by atoms with Crippen molar-refractivity contribution in [3.63, 3.8) is 0 Å². The van der Waals surface area contributed by atoms with Crippen LogP contribution in [-0.2, 0) is 20.8 Å². The molecule has 2 aliphatic rings. The first-order valence-electron chi connectivity index (χ1n) is 9.04. The zero-order valence-corrected chi connectivity index (χ0v) is 15.0. The third kappa shape index (κ3) is 4.33. The fraction of sp³-hybridized carbons (Fsp3) is 0.526. The molecule has 0 aromatic heterocycles. The Morgan fingerprint density at radius 2 is 2.15 bits per heavy atom. The molecule has 3 rings (SSSR count). The molecule has 1 aromatic carbocycles. The first-order chi connectivity index (χ1) is 12.4. The number of hydrogen-bond acceptors (Lipinski definition) is 4. The Labute approximate surface area is 152 Å². The number of carbonyl (C=O) groups is 3. The summed E-state index contributed by atoms with van der Waals surface area (Å²) in [6.07, 6.45) is 3.04. The maximum Gasteiger partial charge on any atom is 0.245 e. The largest absolute Gasteiger partial charge is 0.508 e. The third-order valence-corrected chi connectivity index (χ3v) is 4.98. The molecular formula is C19H25N3O4. The second-order valence-electron chi connectivity index (χ2n) is 7.30. The number of carbonyl (C=O) groups excluding carboxylic acids is 3. The quantitative estimate of drug-likeness (QED) is 0.668. The number of aromatic hydroxyl groups is 1. The number of benzene rings is 1. The van der Waals surface area contributed by atoms with Crippen molar-refractivity contribution in [2.75, 3.05) is 13.1 Å². The normalized spacial score (nSPS) is 22.0. The van der Waals surface area contributed by atoms with Gasteiger partial charge in [0.2, 0.25) is 17.7 Å². The molecule has 0 radical (unpaired) electrons. The predicted octanol–water partition coefficient (Wildman–Crippen LogP) is 0.711. The predicted molar refractivity (Wildman–Crippen MR) is 95.3 cm³/mol. The van der Waals surface area contributed by atoms with Gasteiger partial charge in [-0.1, -0.05) is 12.1 Å². The van der Waals surface area contributed by atoms with E-state index in [9.17, 15) is 19.5 Å².